The molecule has 2 fully saturated rings. The number of esters is 2. The van der Waals surface area contributed by atoms with E-state index in [2.05, 4.69) is 0 Å². The number of carbonyl (C=O) groups is 3. The quantitative estimate of drug-likeness (QED) is 0.618. The van der Waals surface area contributed by atoms with Crippen LogP contribution in [0.2, 0.25) is 0 Å². The Hall–Kier alpha value is -1.65. The van der Waals surface area contributed by atoms with Gasteiger partial charge in [0.1, 0.15) is 0 Å². The molecule has 2 saturated carbocycles. The van der Waals surface area contributed by atoms with Crippen molar-refractivity contribution in [1.82, 2.24) is 0 Å². The minimum Gasteiger partial charge on any atom is -0.411 e. The minimum atomic E-state index is -1.73. The highest BCUT2D eigenvalue weighted by Gasteiger charge is 2.77. The summed E-state index contributed by atoms with van der Waals surface area (Å²) in [6, 6.07) is 0. The molecule has 0 aromatic heterocycles. The van der Waals surface area contributed by atoms with E-state index in [9.17, 15) is 14.4 Å². The number of rotatable bonds is 0. The molecule has 3 aliphatic rings. The molecule has 0 aromatic carbocycles. The van der Waals surface area contributed by atoms with Gasteiger partial charge in [0, 0.05) is 17.6 Å². The van der Waals surface area contributed by atoms with Gasteiger partial charge < -0.3 is 9.47 Å². The molecule has 2 unspecified atom stereocenters. The summed E-state index contributed by atoms with van der Waals surface area (Å²) in [7, 11) is 0. The van der Waals surface area contributed by atoms with Crippen LogP contribution in [0.3, 0.4) is 0 Å². The molecule has 1 aliphatic heterocycles. The Morgan fingerprint density at radius 3 is 2.00 bits per heavy atom. The van der Waals surface area contributed by atoms with Crippen LogP contribution in [0.4, 0.5) is 0 Å². The minimum absolute atomic E-state index is 0.286. The molecule has 19 heavy (non-hydrogen) atoms. The summed E-state index contributed by atoms with van der Waals surface area (Å²) < 4.78 is 10.5. The van der Waals surface area contributed by atoms with Crippen molar-refractivity contribution in [2.24, 2.45) is 16.7 Å². The van der Waals surface area contributed by atoms with E-state index in [4.69, 9.17) is 9.47 Å². The summed E-state index contributed by atoms with van der Waals surface area (Å²) in [5, 5.41) is 0. The maximum Gasteiger partial charge on any atom is 0.334 e. The van der Waals surface area contributed by atoms with Crippen LogP contribution in [0.25, 0.3) is 0 Å². The molecule has 2 bridgehead atoms. The predicted molar refractivity (Wildman–Crippen MR) is 63.7 cm³/mol. The second kappa shape index (κ2) is 3.26. The largest absolute Gasteiger partial charge is 0.411 e. The Labute approximate surface area is 110 Å². The van der Waals surface area contributed by atoms with Gasteiger partial charge >= 0.3 is 17.7 Å². The molecular weight excluding hydrogens is 248 g/mol. The summed E-state index contributed by atoms with van der Waals surface area (Å²) in [6.45, 7) is 5.80. The summed E-state index contributed by atoms with van der Waals surface area (Å²) in [5.74, 6) is -3.71. The second-order valence-corrected chi connectivity index (χ2v) is 6.32. The summed E-state index contributed by atoms with van der Waals surface area (Å²) in [6.07, 6.45) is 3.45. The third kappa shape index (κ3) is 1.23. The van der Waals surface area contributed by atoms with E-state index < -0.39 is 23.1 Å². The van der Waals surface area contributed by atoms with Gasteiger partial charge in [-0.3, -0.25) is 4.79 Å². The van der Waals surface area contributed by atoms with Crippen LogP contribution < -0.4 is 0 Å². The number of hydrogen-bond donors (Lipinski definition) is 0. The molecule has 1 heterocycles. The molecule has 0 aromatic rings. The average molecular weight is 264 g/mol. The first-order valence-electron chi connectivity index (χ1n) is 6.43. The van der Waals surface area contributed by atoms with Gasteiger partial charge in [0.15, 0.2) is 0 Å². The fraction of sp³-hybridized carbons (Fsp3) is 0.643. The summed E-state index contributed by atoms with van der Waals surface area (Å²) >= 11 is 0. The monoisotopic (exact) mass is 264 g/mol. The van der Waals surface area contributed by atoms with Crippen LogP contribution >= 0.6 is 0 Å². The lowest BCUT2D eigenvalue weighted by molar-refractivity contribution is -0.234. The Balaban J connectivity index is 2.14. The number of Topliss-reactive ketones (excluding diaryl/α,β-unsaturated/α-hetero) is 1. The van der Waals surface area contributed by atoms with Gasteiger partial charge in [-0.1, -0.05) is 20.8 Å². The maximum atomic E-state index is 12.7. The normalized spacial score (nSPS) is 38.3. The van der Waals surface area contributed by atoms with Gasteiger partial charge in [0.25, 0.3) is 0 Å². The number of hydrogen-bond acceptors (Lipinski definition) is 5. The highest BCUT2D eigenvalue weighted by Crippen LogP contribution is 2.68. The van der Waals surface area contributed by atoms with Crippen molar-refractivity contribution in [3.63, 3.8) is 0 Å². The molecule has 102 valence electrons. The molecule has 1 spiro atoms. The number of ether oxygens (including phenoxy) is 2. The van der Waals surface area contributed by atoms with Gasteiger partial charge in [0.05, 0.1) is 5.92 Å². The summed E-state index contributed by atoms with van der Waals surface area (Å²) in [4.78, 5) is 36.0. The van der Waals surface area contributed by atoms with Crippen LogP contribution in [0, 0.1) is 16.7 Å². The van der Waals surface area contributed by atoms with Crippen molar-refractivity contribution in [3.8, 4) is 0 Å². The number of fused-ring (bicyclic) bond motifs is 3. The predicted octanol–water partition coefficient (Wildman–Crippen LogP) is 1.36. The smallest absolute Gasteiger partial charge is 0.334 e. The first-order chi connectivity index (χ1) is 8.74. The van der Waals surface area contributed by atoms with Crippen molar-refractivity contribution in [2.75, 3.05) is 0 Å². The lowest BCUT2D eigenvalue weighted by atomic mass is 9.70. The van der Waals surface area contributed by atoms with Crippen molar-refractivity contribution in [2.45, 2.75) is 39.4 Å². The van der Waals surface area contributed by atoms with Gasteiger partial charge in [-0.05, 0) is 18.3 Å². The average Bonchev–Trinajstić information content (AvgIpc) is 2.52. The standard InChI is InChI=1S/C14H16O5/c1-12(2)8-6-7-13(12,3)11(17)14(8)18-9(15)4-5-10(16)19-14/h4-5,8H,6-7H2,1-3H3. The molecule has 5 heteroatoms. The zero-order valence-electron chi connectivity index (χ0n) is 11.2. The van der Waals surface area contributed by atoms with E-state index in [1.165, 1.54) is 0 Å². The Kier molecular flexibility index (Phi) is 2.13. The first kappa shape index (κ1) is 12.4. The van der Waals surface area contributed by atoms with Crippen LogP contribution in [0.1, 0.15) is 33.6 Å². The van der Waals surface area contributed by atoms with E-state index >= 15 is 0 Å². The van der Waals surface area contributed by atoms with Crippen LogP contribution in [0.5, 0.6) is 0 Å². The van der Waals surface area contributed by atoms with Gasteiger partial charge in [-0.25, -0.2) is 9.59 Å². The SMILES string of the molecule is CC12CCC(C3(OC(=O)C=CC(=O)O3)C1=O)C2(C)C. The summed E-state index contributed by atoms with van der Waals surface area (Å²) in [5.41, 5.74) is -0.989. The van der Waals surface area contributed by atoms with Crippen molar-refractivity contribution < 1.29 is 23.9 Å². The fourth-order valence-electron chi connectivity index (χ4n) is 3.87. The topological polar surface area (TPSA) is 69.7 Å². The van der Waals surface area contributed by atoms with Gasteiger partial charge in [0.2, 0.25) is 5.78 Å². The maximum absolute atomic E-state index is 12.7. The van der Waals surface area contributed by atoms with Crippen molar-refractivity contribution in [1.29, 1.82) is 0 Å². The molecule has 5 nitrogen and oxygen atoms in total. The van der Waals surface area contributed by atoms with Crippen molar-refractivity contribution >= 4 is 17.7 Å². The zero-order valence-corrected chi connectivity index (χ0v) is 11.2. The third-order valence-corrected chi connectivity index (χ3v) is 5.36. The Morgan fingerprint density at radius 2 is 1.58 bits per heavy atom. The van der Waals surface area contributed by atoms with Crippen LogP contribution in [-0.2, 0) is 23.9 Å². The van der Waals surface area contributed by atoms with E-state index in [-0.39, 0.29) is 17.1 Å². The highest BCUT2D eigenvalue weighted by atomic mass is 16.7. The number of carbonyl (C=O) groups excluding carboxylic acids is 3. The van der Waals surface area contributed by atoms with E-state index in [1.807, 2.05) is 20.8 Å². The van der Waals surface area contributed by atoms with Gasteiger partial charge in [-0.2, -0.15) is 0 Å². The third-order valence-electron chi connectivity index (χ3n) is 5.36. The molecule has 0 radical (unpaired) electrons. The van der Waals surface area contributed by atoms with Crippen LogP contribution in [0.15, 0.2) is 12.2 Å². The highest BCUT2D eigenvalue weighted by molar-refractivity contribution is 6.03. The van der Waals surface area contributed by atoms with E-state index in [1.54, 1.807) is 0 Å². The molecule has 2 atom stereocenters. The molecule has 0 saturated heterocycles. The van der Waals surface area contributed by atoms with Crippen LogP contribution in [-0.4, -0.2) is 23.5 Å². The molecule has 0 amide bonds. The second-order valence-electron chi connectivity index (χ2n) is 6.32. The van der Waals surface area contributed by atoms with E-state index in [0.29, 0.717) is 6.42 Å². The fourth-order valence-corrected chi connectivity index (χ4v) is 3.87. The number of ketones is 1. The molecule has 2 aliphatic carbocycles. The van der Waals surface area contributed by atoms with E-state index in [0.717, 1.165) is 18.6 Å². The lowest BCUT2D eigenvalue weighted by Gasteiger charge is -2.34. The molecular formula is C14H16O5. The lowest BCUT2D eigenvalue weighted by Crippen LogP contribution is -2.52. The Morgan fingerprint density at radius 1 is 1.05 bits per heavy atom. The molecule has 3 rings (SSSR count). The first-order valence-corrected chi connectivity index (χ1v) is 6.43. The Bertz CT molecular complexity index is 510. The van der Waals surface area contributed by atoms with Gasteiger partial charge in [-0.15, -0.1) is 0 Å². The zero-order chi connectivity index (χ0) is 14.1. The van der Waals surface area contributed by atoms with Crippen molar-refractivity contribution in [3.05, 3.63) is 12.2 Å². The molecule has 0 N–H and O–H groups in total.